The smallest absolute Gasteiger partial charge is 0.291 e. The van der Waals surface area contributed by atoms with Gasteiger partial charge in [-0.05, 0) is 73.9 Å². The molecule has 0 spiro atoms. The zero-order valence-electron chi connectivity index (χ0n) is 17.9. The molecule has 2 aliphatic rings. The van der Waals surface area contributed by atoms with Crippen molar-refractivity contribution in [1.82, 2.24) is 4.90 Å². The lowest BCUT2D eigenvalue weighted by Gasteiger charge is -2.27. The van der Waals surface area contributed by atoms with Crippen LogP contribution in [0, 0.1) is 13.8 Å². The molecule has 1 aromatic heterocycles. The Morgan fingerprint density at radius 3 is 2.52 bits per heavy atom. The van der Waals surface area contributed by atoms with E-state index in [0.717, 1.165) is 34.4 Å². The lowest BCUT2D eigenvalue weighted by molar-refractivity contribution is 0.0486. The van der Waals surface area contributed by atoms with E-state index < -0.39 is 6.04 Å². The monoisotopic (exact) mass is 435 g/mol. The maximum absolute atomic E-state index is 13.6. The SMILES string of the molecule is CSc1ccc([C@@H]2c3c(oc4cc(C)c(C)cc4c3=O)C(=O)N2C[C@H]2CCCO2)cc1. The normalized spacial score (nSPS) is 20.6. The second-order valence-electron chi connectivity index (χ2n) is 8.37. The van der Waals surface area contributed by atoms with Crippen LogP contribution in [0.5, 0.6) is 0 Å². The van der Waals surface area contributed by atoms with Crippen LogP contribution in [-0.4, -0.2) is 36.3 Å². The number of aryl methyl sites for hydroxylation is 2. The van der Waals surface area contributed by atoms with Gasteiger partial charge in [0.15, 0.2) is 5.43 Å². The van der Waals surface area contributed by atoms with E-state index in [1.165, 1.54) is 0 Å². The standard InChI is InChI=1S/C25H25NO4S/c1-14-11-19-20(12-15(14)2)30-24-21(23(19)27)22(16-6-8-18(31-3)9-7-16)26(25(24)28)13-17-5-4-10-29-17/h6-9,11-12,17,22H,4-5,10,13H2,1-3H3/t17-,22-/m1/s1. The van der Waals surface area contributed by atoms with Crippen molar-refractivity contribution in [1.29, 1.82) is 0 Å². The minimum Gasteiger partial charge on any atom is -0.450 e. The first-order valence-electron chi connectivity index (χ1n) is 10.6. The molecule has 0 unspecified atom stereocenters. The first-order chi connectivity index (χ1) is 15.0. The molecule has 6 heteroatoms. The Hall–Kier alpha value is -2.57. The van der Waals surface area contributed by atoms with Crippen molar-refractivity contribution < 1.29 is 13.9 Å². The fourth-order valence-electron chi connectivity index (χ4n) is 4.60. The average molecular weight is 436 g/mol. The Kier molecular flexibility index (Phi) is 5.15. The zero-order chi connectivity index (χ0) is 21.7. The number of nitrogens with zero attached hydrogens (tertiary/aromatic N) is 1. The van der Waals surface area contributed by atoms with Crippen molar-refractivity contribution in [3.63, 3.8) is 0 Å². The molecule has 31 heavy (non-hydrogen) atoms. The third-order valence-corrected chi connectivity index (χ3v) is 7.18. The summed E-state index contributed by atoms with van der Waals surface area (Å²) < 4.78 is 11.9. The van der Waals surface area contributed by atoms with Gasteiger partial charge in [-0.2, -0.15) is 0 Å². The topological polar surface area (TPSA) is 59.8 Å². The van der Waals surface area contributed by atoms with Gasteiger partial charge in [-0.3, -0.25) is 9.59 Å². The van der Waals surface area contributed by atoms with Crippen molar-refractivity contribution in [3.05, 3.63) is 74.6 Å². The van der Waals surface area contributed by atoms with E-state index >= 15 is 0 Å². The molecule has 2 aliphatic heterocycles. The minimum absolute atomic E-state index is 0.0137. The van der Waals surface area contributed by atoms with Gasteiger partial charge in [0.05, 0.1) is 23.1 Å². The van der Waals surface area contributed by atoms with E-state index in [0.29, 0.717) is 29.7 Å². The van der Waals surface area contributed by atoms with Crippen LogP contribution in [0.15, 0.2) is 50.5 Å². The molecule has 5 nitrogen and oxygen atoms in total. The number of carbonyl (C=O) groups is 1. The molecule has 2 atom stereocenters. The quantitative estimate of drug-likeness (QED) is 0.548. The number of hydrogen-bond donors (Lipinski definition) is 0. The molecule has 160 valence electrons. The van der Waals surface area contributed by atoms with Crippen LogP contribution in [0.2, 0.25) is 0 Å². The van der Waals surface area contributed by atoms with Crippen LogP contribution in [0.1, 0.15) is 51.7 Å². The number of benzene rings is 2. The van der Waals surface area contributed by atoms with E-state index in [1.807, 2.05) is 56.5 Å². The van der Waals surface area contributed by atoms with Crippen LogP contribution in [0.4, 0.5) is 0 Å². The molecule has 0 aliphatic carbocycles. The Morgan fingerprint density at radius 1 is 1.10 bits per heavy atom. The summed E-state index contributed by atoms with van der Waals surface area (Å²) in [7, 11) is 0. The van der Waals surface area contributed by atoms with Gasteiger partial charge in [-0.25, -0.2) is 0 Å². The van der Waals surface area contributed by atoms with Crippen LogP contribution in [0.3, 0.4) is 0 Å². The molecule has 1 amide bonds. The molecule has 3 heterocycles. The van der Waals surface area contributed by atoms with Crippen molar-refractivity contribution in [2.75, 3.05) is 19.4 Å². The summed E-state index contributed by atoms with van der Waals surface area (Å²) in [6.45, 7) is 5.12. The molecular formula is C25H25NO4S. The second kappa shape index (κ2) is 7.84. The summed E-state index contributed by atoms with van der Waals surface area (Å²) in [4.78, 5) is 30.0. The van der Waals surface area contributed by atoms with Gasteiger partial charge in [0, 0.05) is 18.0 Å². The summed E-state index contributed by atoms with van der Waals surface area (Å²) in [5.41, 5.74) is 3.76. The highest BCUT2D eigenvalue weighted by molar-refractivity contribution is 7.98. The van der Waals surface area contributed by atoms with Crippen molar-refractivity contribution in [3.8, 4) is 0 Å². The molecule has 1 fully saturated rings. The van der Waals surface area contributed by atoms with Gasteiger partial charge in [0.25, 0.3) is 5.91 Å². The lowest BCUT2D eigenvalue weighted by atomic mass is 9.97. The molecule has 5 rings (SSSR count). The van der Waals surface area contributed by atoms with Gasteiger partial charge in [-0.15, -0.1) is 11.8 Å². The van der Waals surface area contributed by atoms with E-state index in [1.54, 1.807) is 16.7 Å². The minimum atomic E-state index is -0.468. The molecule has 3 aromatic rings. The summed E-state index contributed by atoms with van der Waals surface area (Å²) in [5, 5.41) is 0.527. The first kappa shape index (κ1) is 20.3. The van der Waals surface area contributed by atoms with Crippen molar-refractivity contribution >= 4 is 28.6 Å². The van der Waals surface area contributed by atoms with Crippen LogP contribution >= 0.6 is 11.8 Å². The van der Waals surface area contributed by atoms with Crippen molar-refractivity contribution in [2.45, 2.75) is 43.7 Å². The Bertz CT molecular complexity index is 1220. The van der Waals surface area contributed by atoms with E-state index in [9.17, 15) is 9.59 Å². The second-order valence-corrected chi connectivity index (χ2v) is 9.25. The largest absolute Gasteiger partial charge is 0.450 e. The number of hydrogen-bond acceptors (Lipinski definition) is 5. The van der Waals surface area contributed by atoms with Gasteiger partial charge >= 0.3 is 0 Å². The predicted molar refractivity (Wildman–Crippen MR) is 122 cm³/mol. The molecule has 1 saturated heterocycles. The fourth-order valence-corrected chi connectivity index (χ4v) is 5.01. The molecule has 0 N–H and O–H groups in total. The zero-order valence-corrected chi connectivity index (χ0v) is 18.8. The molecule has 0 radical (unpaired) electrons. The summed E-state index contributed by atoms with van der Waals surface area (Å²) in [6, 6.07) is 11.3. The number of fused-ring (bicyclic) bond motifs is 2. The molecular weight excluding hydrogens is 410 g/mol. The first-order valence-corrected chi connectivity index (χ1v) is 11.8. The third kappa shape index (κ3) is 3.38. The molecule has 0 saturated carbocycles. The number of carbonyl (C=O) groups excluding carboxylic acids is 1. The Labute approximate surface area is 185 Å². The highest BCUT2D eigenvalue weighted by Crippen LogP contribution is 2.39. The van der Waals surface area contributed by atoms with Crippen LogP contribution < -0.4 is 5.43 Å². The average Bonchev–Trinajstić information content (AvgIpc) is 3.38. The number of amides is 1. The predicted octanol–water partition coefficient (Wildman–Crippen LogP) is 4.86. The summed E-state index contributed by atoms with van der Waals surface area (Å²) >= 11 is 1.66. The third-order valence-electron chi connectivity index (χ3n) is 6.44. The number of thioether (sulfide) groups is 1. The van der Waals surface area contributed by atoms with Gasteiger partial charge < -0.3 is 14.1 Å². The van der Waals surface area contributed by atoms with E-state index in [-0.39, 0.29) is 23.2 Å². The molecule has 0 bridgehead atoms. The Morgan fingerprint density at radius 2 is 1.84 bits per heavy atom. The van der Waals surface area contributed by atoms with E-state index in [2.05, 4.69) is 0 Å². The van der Waals surface area contributed by atoms with Gasteiger partial charge in [0.1, 0.15) is 5.58 Å². The van der Waals surface area contributed by atoms with Crippen molar-refractivity contribution in [2.24, 2.45) is 0 Å². The van der Waals surface area contributed by atoms with Gasteiger partial charge in [-0.1, -0.05) is 12.1 Å². The maximum Gasteiger partial charge on any atom is 0.291 e. The van der Waals surface area contributed by atoms with Crippen LogP contribution in [0.25, 0.3) is 11.0 Å². The van der Waals surface area contributed by atoms with E-state index in [4.69, 9.17) is 9.15 Å². The Balaban J connectivity index is 1.70. The maximum atomic E-state index is 13.6. The van der Waals surface area contributed by atoms with Gasteiger partial charge in [0.2, 0.25) is 5.76 Å². The molecule has 2 aromatic carbocycles. The summed E-state index contributed by atoms with van der Waals surface area (Å²) in [6.07, 6.45) is 3.92. The highest BCUT2D eigenvalue weighted by Gasteiger charge is 2.43. The number of ether oxygens (including phenoxy) is 1. The van der Waals surface area contributed by atoms with Crippen LogP contribution in [-0.2, 0) is 4.74 Å². The summed E-state index contributed by atoms with van der Waals surface area (Å²) in [5.74, 6) is -0.0700. The number of rotatable bonds is 4. The highest BCUT2D eigenvalue weighted by atomic mass is 32.2. The fraction of sp³-hybridized carbons (Fsp3) is 0.360. The lowest BCUT2D eigenvalue weighted by Crippen LogP contribution is -2.36.